The van der Waals surface area contributed by atoms with Crippen LogP contribution in [0.1, 0.15) is 21.6 Å². The molecule has 0 saturated carbocycles. The molecule has 2 aromatic rings. The Bertz CT molecular complexity index is 648. The molecular formula is C15H15N3O2. The maximum absolute atomic E-state index is 11.9. The fourth-order valence-electron chi connectivity index (χ4n) is 1.70. The number of aliphatic hydroxyl groups is 1. The lowest BCUT2D eigenvalue weighted by molar-refractivity contribution is 0.0942. The molecule has 0 spiro atoms. The van der Waals surface area contributed by atoms with Gasteiger partial charge < -0.3 is 15.0 Å². The SMILES string of the molecule is Cn1cncc1C(=O)NCc1ccc(C#CCO)cc1. The average Bonchev–Trinajstić information content (AvgIpc) is 2.90. The van der Waals surface area contributed by atoms with Gasteiger partial charge in [0.1, 0.15) is 12.3 Å². The highest BCUT2D eigenvalue weighted by atomic mass is 16.2. The summed E-state index contributed by atoms with van der Waals surface area (Å²) in [6.45, 7) is 0.292. The van der Waals surface area contributed by atoms with Gasteiger partial charge in [0, 0.05) is 19.2 Å². The highest BCUT2D eigenvalue weighted by Crippen LogP contribution is 2.04. The summed E-state index contributed by atoms with van der Waals surface area (Å²) in [6, 6.07) is 7.50. The molecule has 1 aromatic carbocycles. The minimum atomic E-state index is -0.158. The molecule has 0 aliphatic heterocycles. The molecule has 2 rings (SSSR count). The van der Waals surface area contributed by atoms with Crippen molar-refractivity contribution in [3.05, 3.63) is 53.6 Å². The minimum Gasteiger partial charge on any atom is -0.384 e. The van der Waals surface area contributed by atoms with E-state index >= 15 is 0 Å². The number of carbonyl (C=O) groups excluding carboxylic acids is 1. The largest absolute Gasteiger partial charge is 0.384 e. The Morgan fingerprint density at radius 1 is 1.40 bits per heavy atom. The fraction of sp³-hybridized carbons (Fsp3) is 0.200. The van der Waals surface area contributed by atoms with Crippen molar-refractivity contribution >= 4 is 5.91 Å². The quantitative estimate of drug-likeness (QED) is 0.806. The Balaban J connectivity index is 1.94. The highest BCUT2D eigenvalue weighted by molar-refractivity contribution is 5.92. The summed E-state index contributed by atoms with van der Waals surface area (Å²) in [5.41, 5.74) is 2.34. The normalized spacial score (nSPS) is 9.70. The molecule has 0 unspecified atom stereocenters. The Kier molecular flexibility index (Phi) is 4.53. The lowest BCUT2D eigenvalue weighted by Crippen LogP contribution is -2.24. The predicted octanol–water partition coefficient (Wildman–Crippen LogP) is 0.694. The lowest BCUT2D eigenvalue weighted by atomic mass is 10.1. The van der Waals surface area contributed by atoms with E-state index < -0.39 is 0 Å². The summed E-state index contributed by atoms with van der Waals surface area (Å²) < 4.78 is 1.67. The van der Waals surface area contributed by atoms with E-state index in [0.29, 0.717) is 12.2 Å². The summed E-state index contributed by atoms with van der Waals surface area (Å²) in [4.78, 5) is 15.8. The maximum atomic E-state index is 11.9. The average molecular weight is 269 g/mol. The van der Waals surface area contributed by atoms with Crippen LogP contribution in [0.4, 0.5) is 0 Å². The number of benzene rings is 1. The van der Waals surface area contributed by atoms with Crippen molar-refractivity contribution in [1.82, 2.24) is 14.9 Å². The molecule has 0 atom stereocenters. The zero-order valence-corrected chi connectivity index (χ0v) is 11.1. The first kappa shape index (κ1) is 13.8. The third-order valence-corrected chi connectivity index (χ3v) is 2.77. The molecule has 2 N–H and O–H groups in total. The van der Waals surface area contributed by atoms with Crippen LogP contribution >= 0.6 is 0 Å². The molecule has 5 nitrogen and oxygen atoms in total. The summed E-state index contributed by atoms with van der Waals surface area (Å²) >= 11 is 0. The summed E-state index contributed by atoms with van der Waals surface area (Å²) in [7, 11) is 1.77. The second kappa shape index (κ2) is 6.55. The smallest absolute Gasteiger partial charge is 0.269 e. The van der Waals surface area contributed by atoms with Crippen molar-refractivity contribution in [3.8, 4) is 11.8 Å². The van der Waals surface area contributed by atoms with Crippen LogP contribution in [0, 0.1) is 11.8 Å². The monoisotopic (exact) mass is 269 g/mol. The van der Waals surface area contributed by atoms with Gasteiger partial charge in [0.05, 0.1) is 12.5 Å². The number of amides is 1. The van der Waals surface area contributed by atoms with Crippen LogP contribution in [0.2, 0.25) is 0 Å². The molecule has 5 heteroatoms. The zero-order chi connectivity index (χ0) is 14.4. The number of hydrogen-bond donors (Lipinski definition) is 2. The lowest BCUT2D eigenvalue weighted by Gasteiger charge is -2.05. The van der Waals surface area contributed by atoms with E-state index in [1.807, 2.05) is 24.3 Å². The van der Waals surface area contributed by atoms with Gasteiger partial charge in [-0.3, -0.25) is 4.79 Å². The second-order valence-electron chi connectivity index (χ2n) is 4.23. The first-order chi connectivity index (χ1) is 9.70. The molecule has 0 fully saturated rings. The Hall–Kier alpha value is -2.58. The van der Waals surface area contributed by atoms with E-state index in [-0.39, 0.29) is 12.5 Å². The van der Waals surface area contributed by atoms with E-state index in [0.717, 1.165) is 11.1 Å². The molecule has 1 aromatic heterocycles. The molecule has 20 heavy (non-hydrogen) atoms. The first-order valence-electron chi connectivity index (χ1n) is 6.14. The number of nitrogens with one attached hydrogen (secondary N) is 1. The van der Waals surface area contributed by atoms with Gasteiger partial charge in [-0.25, -0.2) is 4.98 Å². The van der Waals surface area contributed by atoms with Crippen molar-refractivity contribution in [2.75, 3.05) is 6.61 Å². The highest BCUT2D eigenvalue weighted by Gasteiger charge is 2.08. The van der Waals surface area contributed by atoms with Gasteiger partial charge in [-0.2, -0.15) is 0 Å². The van der Waals surface area contributed by atoms with Gasteiger partial charge in [0.15, 0.2) is 0 Å². The van der Waals surface area contributed by atoms with E-state index in [2.05, 4.69) is 22.1 Å². The Labute approximate surface area is 117 Å². The molecule has 0 aliphatic rings. The second-order valence-corrected chi connectivity index (χ2v) is 4.23. The van der Waals surface area contributed by atoms with E-state index in [1.165, 1.54) is 6.20 Å². The summed E-state index contributed by atoms with van der Waals surface area (Å²) in [6.07, 6.45) is 3.12. The fourth-order valence-corrected chi connectivity index (χ4v) is 1.70. The van der Waals surface area contributed by atoms with Crippen LogP contribution < -0.4 is 5.32 Å². The molecule has 0 aliphatic carbocycles. The molecule has 1 heterocycles. The minimum absolute atomic E-state index is 0.150. The van der Waals surface area contributed by atoms with E-state index in [9.17, 15) is 4.79 Å². The van der Waals surface area contributed by atoms with Gasteiger partial charge in [-0.15, -0.1) is 0 Å². The van der Waals surface area contributed by atoms with Crippen LogP contribution in [-0.4, -0.2) is 27.2 Å². The molecule has 0 saturated heterocycles. The van der Waals surface area contributed by atoms with Gasteiger partial charge in [-0.1, -0.05) is 24.0 Å². The van der Waals surface area contributed by atoms with E-state index in [1.54, 1.807) is 17.9 Å². The molecule has 1 amide bonds. The van der Waals surface area contributed by atoms with Gasteiger partial charge in [-0.05, 0) is 17.7 Å². The van der Waals surface area contributed by atoms with Crippen LogP contribution in [0.3, 0.4) is 0 Å². The number of rotatable bonds is 3. The molecule has 0 radical (unpaired) electrons. The maximum Gasteiger partial charge on any atom is 0.269 e. The van der Waals surface area contributed by atoms with Crippen LogP contribution in [0.5, 0.6) is 0 Å². The molecule has 102 valence electrons. The summed E-state index contributed by atoms with van der Waals surface area (Å²) in [5, 5.41) is 11.4. The van der Waals surface area contributed by atoms with Crippen LogP contribution in [0.15, 0.2) is 36.8 Å². The van der Waals surface area contributed by atoms with Gasteiger partial charge in [0.2, 0.25) is 0 Å². The van der Waals surface area contributed by atoms with Crippen molar-refractivity contribution in [1.29, 1.82) is 0 Å². The molecule has 0 bridgehead atoms. The Morgan fingerprint density at radius 3 is 2.75 bits per heavy atom. The molecular weight excluding hydrogens is 254 g/mol. The summed E-state index contributed by atoms with van der Waals surface area (Å²) in [5.74, 6) is 5.24. The van der Waals surface area contributed by atoms with Crippen molar-refractivity contribution in [3.63, 3.8) is 0 Å². The van der Waals surface area contributed by atoms with Gasteiger partial charge in [0.25, 0.3) is 5.91 Å². The van der Waals surface area contributed by atoms with Crippen molar-refractivity contribution in [2.24, 2.45) is 7.05 Å². The number of hydrogen-bond acceptors (Lipinski definition) is 3. The standard InChI is InChI=1S/C15H15N3O2/c1-18-11-16-10-14(18)15(20)17-9-13-6-4-12(5-7-13)3-2-8-19/h4-7,10-11,19H,8-9H2,1H3,(H,17,20). The number of aliphatic hydroxyl groups excluding tert-OH is 1. The van der Waals surface area contributed by atoms with E-state index in [4.69, 9.17) is 5.11 Å². The number of nitrogens with zero attached hydrogens (tertiary/aromatic N) is 2. The van der Waals surface area contributed by atoms with Crippen molar-refractivity contribution in [2.45, 2.75) is 6.54 Å². The number of aromatic nitrogens is 2. The van der Waals surface area contributed by atoms with Crippen LogP contribution in [-0.2, 0) is 13.6 Å². The Morgan fingerprint density at radius 2 is 2.15 bits per heavy atom. The number of aryl methyl sites for hydroxylation is 1. The first-order valence-corrected chi connectivity index (χ1v) is 6.14. The third-order valence-electron chi connectivity index (χ3n) is 2.77. The number of carbonyl (C=O) groups is 1. The predicted molar refractivity (Wildman–Crippen MR) is 74.8 cm³/mol. The van der Waals surface area contributed by atoms with Crippen molar-refractivity contribution < 1.29 is 9.90 Å². The third kappa shape index (κ3) is 3.46. The topological polar surface area (TPSA) is 67.2 Å². The number of imidazole rings is 1. The van der Waals surface area contributed by atoms with Crippen LogP contribution in [0.25, 0.3) is 0 Å². The zero-order valence-electron chi connectivity index (χ0n) is 11.1. The van der Waals surface area contributed by atoms with Gasteiger partial charge >= 0.3 is 0 Å².